The van der Waals surface area contributed by atoms with Crippen LogP contribution >= 0.6 is 0 Å². The summed E-state index contributed by atoms with van der Waals surface area (Å²) in [5.74, 6) is -0.955. The molecule has 0 spiro atoms. The maximum absolute atomic E-state index is 12.6. The summed E-state index contributed by atoms with van der Waals surface area (Å²) in [4.78, 5) is 27.2. The molecule has 2 amide bonds. The Morgan fingerprint density at radius 3 is 2.65 bits per heavy atom. The number of amides is 2. The number of nitriles is 1. The summed E-state index contributed by atoms with van der Waals surface area (Å²) in [6.45, 7) is 2.78. The molecule has 0 aromatic heterocycles. The Morgan fingerprint density at radius 1 is 1.40 bits per heavy atom. The fourth-order valence-electron chi connectivity index (χ4n) is 2.94. The van der Waals surface area contributed by atoms with Crippen LogP contribution in [0.25, 0.3) is 0 Å². The second-order valence-corrected chi connectivity index (χ2v) is 5.71. The van der Waals surface area contributed by atoms with Crippen LogP contribution in [0.3, 0.4) is 0 Å². The van der Waals surface area contributed by atoms with E-state index in [0.717, 1.165) is 25.7 Å². The van der Waals surface area contributed by atoms with Crippen molar-refractivity contribution in [2.45, 2.75) is 51.1 Å². The summed E-state index contributed by atoms with van der Waals surface area (Å²) >= 11 is 0. The van der Waals surface area contributed by atoms with Crippen molar-refractivity contribution in [2.75, 3.05) is 13.1 Å². The molecule has 1 saturated carbocycles. The molecule has 2 aliphatic rings. The van der Waals surface area contributed by atoms with Crippen LogP contribution in [0.15, 0.2) is 0 Å². The number of carbonyl (C=O) groups is 2. The fraction of sp³-hybridized carbons (Fsp3) is 0.786. The first-order valence-electron chi connectivity index (χ1n) is 7.23. The second kappa shape index (κ2) is 6.12. The third-order valence-corrected chi connectivity index (χ3v) is 4.13. The Kier molecular flexibility index (Phi) is 4.48. The number of rotatable bonds is 4. The van der Waals surface area contributed by atoms with E-state index < -0.39 is 12.0 Å². The predicted octanol–water partition coefficient (Wildman–Crippen LogP) is 1.67. The van der Waals surface area contributed by atoms with Crippen LogP contribution in [0.4, 0.5) is 4.79 Å². The SMILES string of the molecule is CC1CCCN(C(=O)N(CCC#N)C2CC2)C1C(=O)O. The van der Waals surface area contributed by atoms with E-state index in [1.807, 2.05) is 6.92 Å². The van der Waals surface area contributed by atoms with E-state index in [0.29, 0.717) is 19.5 Å². The van der Waals surface area contributed by atoms with Crippen molar-refractivity contribution in [3.8, 4) is 6.07 Å². The summed E-state index contributed by atoms with van der Waals surface area (Å²) in [5, 5.41) is 18.1. The molecule has 1 saturated heterocycles. The van der Waals surface area contributed by atoms with Crippen LogP contribution in [-0.2, 0) is 4.79 Å². The smallest absolute Gasteiger partial charge is 0.326 e. The van der Waals surface area contributed by atoms with Gasteiger partial charge in [-0.2, -0.15) is 5.26 Å². The van der Waals surface area contributed by atoms with Gasteiger partial charge in [-0.25, -0.2) is 9.59 Å². The number of likely N-dealkylation sites (tertiary alicyclic amines) is 1. The summed E-state index contributed by atoms with van der Waals surface area (Å²) in [6.07, 6.45) is 3.88. The lowest BCUT2D eigenvalue weighted by Crippen LogP contribution is -2.56. The predicted molar refractivity (Wildman–Crippen MR) is 71.9 cm³/mol. The number of carbonyl (C=O) groups excluding carboxylic acids is 1. The third-order valence-electron chi connectivity index (χ3n) is 4.13. The topological polar surface area (TPSA) is 84.6 Å². The van der Waals surface area contributed by atoms with Crippen molar-refractivity contribution in [1.29, 1.82) is 5.26 Å². The molecule has 20 heavy (non-hydrogen) atoms. The van der Waals surface area contributed by atoms with E-state index >= 15 is 0 Å². The lowest BCUT2D eigenvalue weighted by Gasteiger charge is -2.40. The summed E-state index contributed by atoms with van der Waals surface area (Å²) in [7, 11) is 0. The first kappa shape index (κ1) is 14.6. The Labute approximate surface area is 119 Å². The number of hydrogen-bond acceptors (Lipinski definition) is 3. The van der Waals surface area contributed by atoms with Crippen molar-refractivity contribution in [3.63, 3.8) is 0 Å². The van der Waals surface area contributed by atoms with Gasteiger partial charge in [-0.15, -0.1) is 0 Å². The molecular formula is C14H21N3O3. The average Bonchev–Trinajstić information content (AvgIpc) is 3.22. The quantitative estimate of drug-likeness (QED) is 0.848. The number of carboxylic acids is 1. The van der Waals surface area contributed by atoms with Gasteiger partial charge in [0.15, 0.2) is 0 Å². The van der Waals surface area contributed by atoms with Crippen molar-refractivity contribution >= 4 is 12.0 Å². The molecule has 2 atom stereocenters. The van der Waals surface area contributed by atoms with Crippen molar-refractivity contribution in [1.82, 2.24) is 9.80 Å². The summed E-state index contributed by atoms with van der Waals surface area (Å²) < 4.78 is 0. The van der Waals surface area contributed by atoms with Crippen LogP contribution < -0.4 is 0 Å². The van der Waals surface area contributed by atoms with Gasteiger partial charge in [0.25, 0.3) is 0 Å². The van der Waals surface area contributed by atoms with Gasteiger partial charge in [0.05, 0.1) is 12.5 Å². The molecule has 0 aromatic rings. The number of urea groups is 1. The van der Waals surface area contributed by atoms with E-state index in [2.05, 4.69) is 6.07 Å². The molecule has 1 heterocycles. The highest BCUT2D eigenvalue weighted by Crippen LogP contribution is 2.31. The lowest BCUT2D eigenvalue weighted by molar-refractivity contribution is -0.145. The maximum atomic E-state index is 12.6. The zero-order valence-corrected chi connectivity index (χ0v) is 11.8. The minimum atomic E-state index is -0.929. The molecule has 1 N–H and O–H groups in total. The minimum Gasteiger partial charge on any atom is -0.480 e. The van der Waals surface area contributed by atoms with Crippen LogP contribution in [0.2, 0.25) is 0 Å². The van der Waals surface area contributed by atoms with E-state index in [-0.39, 0.29) is 18.0 Å². The first-order chi connectivity index (χ1) is 9.56. The van der Waals surface area contributed by atoms with Crippen LogP contribution in [-0.4, -0.2) is 52.1 Å². The fourth-order valence-corrected chi connectivity index (χ4v) is 2.94. The summed E-state index contributed by atoms with van der Waals surface area (Å²) in [6, 6.07) is 1.31. The number of hydrogen-bond donors (Lipinski definition) is 1. The highest BCUT2D eigenvalue weighted by molar-refractivity contribution is 5.83. The molecule has 1 aliphatic carbocycles. The molecular weight excluding hydrogens is 258 g/mol. The molecule has 1 aliphatic heterocycles. The van der Waals surface area contributed by atoms with Gasteiger partial charge in [0.2, 0.25) is 0 Å². The van der Waals surface area contributed by atoms with Gasteiger partial charge in [-0.05, 0) is 31.6 Å². The minimum absolute atomic E-state index is 0.0257. The molecule has 6 nitrogen and oxygen atoms in total. The highest BCUT2D eigenvalue weighted by Gasteiger charge is 2.41. The molecule has 6 heteroatoms. The van der Waals surface area contributed by atoms with Gasteiger partial charge in [0.1, 0.15) is 6.04 Å². The molecule has 110 valence electrons. The van der Waals surface area contributed by atoms with Crippen molar-refractivity contribution in [3.05, 3.63) is 0 Å². The van der Waals surface area contributed by atoms with E-state index in [9.17, 15) is 14.7 Å². The Bertz CT molecular complexity index is 428. The number of nitrogens with zero attached hydrogens (tertiary/aromatic N) is 3. The Balaban J connectivity index is 2.11. The number of piperidine rings is 1. The normalized spacial score (nSPS) is 25.9. The molecule has 2 fully saturated rings. The van der Waals surface area contributed by atoms with Crippen LogP contribution in [0.5, 0.6) is 0 Å². The zero-order chi connectivity index (χ0) is 14.7. The van der Waals surface area contributed by atoms with Crippen molar-refractivity contribution in [2.24, 2.45) is 5.92 Å². The summed E-state index contributed by atoms with van der Waals surface area (Å²) in [5.41, 5.74) is 0. The van der Waals surface area contributed by atoms with E-state index in [1.54, 1.807) is 4.90 Å². The van der Waals surface area contributed by atoms with Gasteiger partial charge in [0, 0.05) is 19.1 Å². The third kappa shape index (κ3) is 3.03. The number of carboxylic acid groups (broad SMARTS) is 1. The van der Waals surface area contributed by atoms with E-state index in [1.165, 1.54) is 4.90 Å². The molecule has 0 aromatic carbocycles. The van der Waals surface area contributed by atoms with Crippen LogP contribution in [0, 0.1) is 17.2 Å². The van der Waals surface area contributed by atoms with Crippen LogP contribution in [0.1, 0.15) is 39.0 Å². The Hall–Kier alpha value is -1.77. The van der Waals surface area contributed by atoms with Gasteiger partial charge in [-0.3, -0.25) is 0 Å². The van der Waals surface area contributed by atoms with E-state index in [4.69, 9.17) is 5.26 Å². The molecule has 2 rings (SSSR count). The standard InChI is InChI=1S/C14H21N3O3/c1-10-4-2-8-17(12(10)13(18)19)14(20)16(9-3-7-15)11-5-6-11/h10-12H,2-6,8-9H2,1H3,(H,18,19). The zero-order valence-electron chi connectivity index (χ0n) is 11.8. The lowest BCUT2D eigenvalue weighted by atomic mass is 9.91. The average molecular weight is 279 g/mol. The first-order valence-corrected chi connectivity index (χ1v) is 7.23. The Morgan fingerprint density at radius 2 is 2.10 bits per heavy atom. The maximum Gasteiger partial charge on any atom is 0.326 e. The molecule has 2 unspecified atom stereocenters. The van der Waals surface area contributed by atoms with Gasteiger partial charge >= 0.3 is 12.0 Å². The number of aliphatic carboxylic acids is 1. The monoisotopic (exact) mass is 279 g/mol. The highest BCUT2D eigenvalue weighted by atomic mass is 16.4. The largest absolute Gasteiger partial charge is 0.480 e. The molecule has 0 radical (unpaired) electrons. The molecule has 0 bridgehead atoms. The second-order valence-electron chi connectivity index (χ2n) is 5.71. The van der Waals surface area contributed by atoms with Crippen molar-refractivity contribution < 1.29 is 14.7 Å². The van der Waals surface area contributed by atoms with Gasteiger partial charge in [-0.1, -0.05) is 6.92 Å². The van der Waals surface area contributed by atoms with Gasteiger partial charge < -0.3 is 14.9 Å².